The summed E-state index contributed by atoms with van der Waals surface area (Å²) in [6, 6.07) is 5.68. The summed E-state index contributed by atoms with van der Waals surface area (Å²) >= 11 is 3.41. The fourth-order valence-electron chi connectivity index (χ4n) is 1.86. The second-order valence-corrected chi connectivity index (χ2v) is 4.62. The minimum Gasteiger partial charge on any atom is -0.319 e. The lowest BCUT2D eigenvalue weighted by molar-refractivity contribution is 0.986. The fraction of sp³-hybridized carbons (Fsp3) is 0.0909. The van der Waals surface area contributed by atoms with Gasteiger partial charge in [0.25, 0.3) is 5.56 Å². The van der Waals surface area contributed by atoms with Gasteiger partial charge in [-0.2, -0.15) is 5.10 Å². The van der Waals surface area contributed by atoms with Crippen molar-refractivity contribution in [2.75, 3.05) is 0 Å². The number of nitrogens with zero attached hydrogens (tertiary/aromatic N) is 2. The maximum atomic E-state index is 11.8. The molecule has 0 aliphatic heterocycles. The van der Waals surface area contributed by atoms with Crippen molar-refractivity contribution in [3.63, 3.8) is 0 Å². The summed E-state index contributed by atoms with van der Waals surface area (Å²) < 4.78 is 2.63. The topological polar surface area (TPSA) is 50.2 Å². The number of rotatable bonds is 0. The Morgan fingerprint density at radius 1 is 1.44 bits per heavy atom. The number of H-pyrrole nitrogens is 1. The molecule has 2 aromatic heterocycles. The SMILES string of the molecule is Cc1cnn2c1c(=O)[nH]c1ccc(Br)cc12. The first-order chi connectivity index (χ1) is 7.66. The minimum atomic E-state index is -0.107. The molecule has 2 heterocycles. The first-order valence-corrected chi connectivity index (χ1v) is 5.62. The average Bonchev–Trinajstić information content (AvgIpc) is 2.63. The summed E-state index contributed by atoms with van der Waals surface area (Å²) in [4.78, 5) is 14.7. The fourth-order valence-corrected chi connectivity index (χ4v) is 2.20. The van der Waals surface area contributed by atoms with Gasteiger partial charge in [-0.25, -0.2) is 4.52 Å². The number of nitrogens with one attached hydrogen (secondary N) is 1. The highest BCUT2D eigenvalue weighted by atomic mass is 79.9. The van der Waals surface area contributed by atoms with E-state index in [0.717, 1.165) is 21.1 Å². The van der Waals surface area contributed by atoms with E-state index in [1.807, 2.05) is 25.1 Å². The van der Waals surface area contributed by atoms with Gasteiger partial charge < -0.3 is 4.98 Å². The molecule has 0 saturated heterocycles. The largest absolute Gasteiger partial charge is 0.319 e. The quantitative estimate of drug-likeness (QED) is 0.685. The highest BCUT2D eigenvalue weighted by Gasteiger charge is 2.08. The summed E-state index contributed by atoms with van der Waals surface area (Å²) in [7, 11) is 0. The Hall–Kier alpha value is -1.62. The van der Waals surface area contributed by atoms with Crippen LogP contribution in [0.25, 0.3) is 16.6 Å². The van der Waals surface area contributed by atoms with E-state index in [1.165, 1.54) is 0 Å². The van der Waals surface area contributed by atoms with E-state index < -0.39 is 0 Å². The van der Waals surface area contributed by atoms with Gasteiger partial charge in [-0.05, 0) is 25.1 Å². The van der Waals surface area contributed by atoms with Crippen molar-refractivity contribution in [3.05, 3.63) is 44.8 Å². The molecule has 16 heavy (non-hydrogen) atoms. The number of halogens is 1. The smallest absolute Gasteiger partial charge is 0.274 e. The molecule has 0 saturated carbocycles. The molecule has 0 aliphatic rings. The van der Waals surface area contributed by atoms with Crippen LogP contribution in [0.15, 0.2) is 33.7 Å². The second kappa shape index (κ2) is 3.18. The van der Waals surface area contributed by atoms with Crippen LogP contribution in [0, 0.1) is 6.92 Å². The van der Waals surface area contributed by atoms with Crippen LogP contribution in [0.3, 0.4) is 0 Å². The first-order valence-electron chi connectivity index (χ1n) is 4.83. The summed E-state index contributed by atoms with van der Waals surface area (Å²) in [6.45, 7) is 1.88. The molecular weight excluding hydrogens is 270 g/mol. The van der Waals surface area contributed by atoms with E-state index in [1.54, 1.807) is 10.7 Å². The molecule has 0 spiro atoms. The van der Waals surface area contributed by atoms with Crippen LogP contribution in [0.2, 0.25) is 0 Å². The van der Waals surface area contributed by atoms with Crippen LogP contribution in [-0.4, -0.2) is 14.6 Å². The molecule has 1 N–H and O–H groups in total. The second-order valence-electron chi connectivity index (χ2n) is 3.70. The van der Waals surface area contributed by atoms with Crippen molar-refractivity contribution < 1.29 is 0 Å². The van der Waals surface area contributed by atoms with Gasteiger partial charge in [-0.3, -0.25) is 4.79 Å². The predicted molar refractivity (Wildman–Crippen MR) is 65.8 cm³/mol. The monoisotopic (exact) mass is 277 g/mol. The summed E-state index contributed by atoms with van der Waals surface area (Å²) in [6.07, 6.45) is 1.70. The Kier molecular flexibility index (Phi) is 1.91. The maximum Gasteiger partial charge on any atom is 0.274 e. The van der Waals surface area contributed by atoms with Gasteiger partial charge in [-0.15, -0.1) is 0 Å². The number of aryl methyl sites for hydroxylation is 1. The van der Waals surface area contributed by atoms with Gasteiger partial charge >= 0.3 is 0 Å². The molecule has 0 atom stereocenters. The number of hydrogen-bond donors (Lipinski definition) is 1. The van der Waals surface area contributed by atoms with Crippen molar-refractivity contribution in [2.24, 2.45) is 0 Å². The van der Waals surface area contributed by atoms with Crippen molar-refractivity contribution in [1.82, 2.24) is 14.6 Å². The zero-order valence-electron chi connectivity index (χ0n) is 8.49. The normalized spacial score (nSPS) is 11.4. The number of hydrogen-bond acceptors (Lipinski definition) is 2. The number of benzene rings is 1. The van der Waals surface area contributed by atoms with Crippen molar-refractivity contribution in [2.45, 2.75) is 6.92 Å². The molecule has 3 rings (SSSR count). The number of fused-ring (bicyclic) bond motifs is 3. The van der Waals surface area contributed by atoms with Crippen molar-refractivity contribution in [3.8, 4) is 0 Å². The summed E-state index contributed by atoms with van der Waals surface area (Å²) in [5, 5.41) is 4.22. The molecular formula is C11H8BrN3O. The Balaban J connectivity index is 2.67. The maximum absolute atomic E-state index is 11.8. The lowest BCUT2D eigenvalue weighted by Gasteiger charge is -2.02. The molecule has 3 aromatic rings. The summed E-state index contributed by atoms with van der Waals surface area (Å²) in [5.41, 5.74) is 3.04. The zero-order chi connectivity index (χ0) is 11.3. The third-order valence-corrected chi connectivity index (χ3v) is 3.10. The third kappa shape index (κ3) is 1.21. The standard InChI is InChI=1S/C11H8BrN3O/c1-6-5-13-15-9-4-7(12)2-3-8(9)14-11(16)10(6)15/h2-5H,1H3,(H,14,16). The minimum absolute atomic E-state index is 0.107. The lowest BCUT2D eigenvalue weighted by Crippen LogP contribution is -2.11. The van der Waals surface area contributed by atoms with Crippen LogP contribution in [-0.2, 0) is 0 Å². The molecule has 0 radical (unpaired) electrons. The molecule has 1 aromatic carbocycles. The number of aromatic nitrogens is 3. The Bertz CT molecular complexity index is 757. The van der Waals surface area contributed by atoms with Crippen molar-refractivity contribution in [1.29, 1.82) is 0 Å². The van der Waals surface area contributed by atoms with E-state index in [0.29, 0.717) is 5.52 Å². The van der Waals surface area contributed by atoms with Gasteiger partial charge in [-0.1, -0.05) is 15.9 Å². The van der Waals surface area contributed by atoms with Gasteiger partial charge in [0.1, 0.15) is 5.52 Å². The predicted octanol–water partition coefficient (Wildman–Crippen LogP) is 2.25. The Morgan fingerprint density at radius 2 is 2.25 bits per heavy atom. The highest BCUT2D eigenvalue weighted by molar-refractivity contribution is 9.10. The Labute approximate surface area is 99.0 Å². The van der Waals surface area contributed by atoms with Gasteiger partial charge in [0, 0.05) is 10.0 Å². The van der Waals surface area contributed by atoms with Crippen molar-refractivity contribution >= 4 is 32.5 Å². The van der Waals surface area contributed by atoms with Crippen LogP contribution in [0.4, 0.5) is 0 Å². The van der Waals surface area contributed by atoms with Gasteiger partial charge in [0.2, 0.25) is 0 Å². The van der Waals surface area contributed by atoms with Crippen LogP contribution < -0.4 is 5.56 Å². The third-order valence-electron chi connectivity index (χ3n) is 2.60. The molecule has 5 heteroatoms. The van der Waals surface area contributed by atoms with E-state index in [-0.39, 0.29) is 5.56 Å². The molecule has 0 aliphatic carbocycles. The highest BCUT2D eigenvalue weighted by Crippen LogP contribution is 2.18. The molecule has 0 bridgehead atoms. The summed E-state index contributed by atoms with van der Waals surface area (Å²) in [5.74, 6) is 0. The molecule has 0 fully saturated rings. The molecule has 80 valence electrons. The van der Waals surface area contributed by atoms with E-state index >= 15 is 0 Å². The molecule has 0 amide bonds. The zero-order valence-corrected chi connectivity index (χ0v) is 10.1. The van der Waals surface area contributed by atoms with E-state index in [9.17, 15) is 4.79 Å². The average molecular weight is 278 g/mol. The van der Waals surface area contributed by atoms with E-state index in [2.05, 4.69) is 26.0 Å². The first kappa shape index (κ1) is 9.59. The van der Waals surface area contributed by atoms with Crippen LogP contribution in [0.5, 0.6) is 0 Å². The lowest BCUT2D eigenvalue weighted by atomic mass is 10.3. The van der Waals surface area contributed by atoms with E-state index in [4.69, 9.17) is 0 Å². The van der Waals surface area contributed by atoms with Crippen LogP contribution >= 0.6 is 15.9 Å². The molecule has 4 nitrogen and oxygen atoms in total. The van der Waals surface area contributed by atoms with Gasteiger partial charge in [0.05, 0.1) is 17.2 Å². The van der Waals surface area contributed by atoms with Gasteiger partial charge in [0.15, 0.2) is 0 Å². The molecule has 0 unspecified atom stereocenters. The Morgan fingerprint density at radius 3 is 3.06 bits per heavy atom. The number of aromatic amines is 1. The van der Waals surface area contributed by atoms with Crippen LogP contribution in [0.1, 0.15) is 5.56 Å².